The Morgan fingerprint density at radius 1 is 0.938 bits per heavy atom. The van der Waals surface area contributed by atoms with Crippen LogP contribution in [0.15, 0.2) is 42.5 Å². The highest BCUT2D eigenvalue weighted by Gasteiger charge is 2.35. The van der Waals surface area contributed by atoms with E-state index in [-0.39, 0.29) is 5.78 Å². The van der Waals surface area contributed by atoms with E-state index in [4.69, 9.17) is 14.2 Å². The number of esters is 1. The molecule has 2 rings (SSSR count). The number of hydrogen-bond acceptors (Lipinski definition) is 5. The standard InChI is InChI=1S/C27H34O5/c1-9-30-22-13-11-21(12-14-22)23(28)15-10-20-16-18(2)24(19(3)17-20)31-27(7,8)25(29)32-26(4,5)6/h10-17H,9H2,1-8H3. The number of aryl methyl sites for hydroxylation is 2. The van der Waals surface area contributed by atoms with E-state index in [9.17, 15) is 9.59 Å². The molecule has 0 fully saturated rings. The molecule has 0 aliphatic heterocycles. The lowest BCUT2D eigenvalue weighted by Gasteiger charge is -2.30. The van der Waals surface area contributed by atoms with E-state index in [1.54, 1.807) is 50.3 Å². The Bertz CT molecular complexity index is 969. The molecule has 0 saturated heterocycles. The maximum Gasteiger partial charge on any atom is 0.350 e. The zero-order valence-corrected chi connectivity index (χ0v) is 20.4. The first-order chi connectivity index (χ1) is 14.8. The Morgan fingerprint density at radius 3 is 2.00 bits per heavy atom. The molecule has 0 atom stereocenters. The van der Waals surface area contributed by atoms with Crippen LogP contribution in [-0.4, -0.2) is 29.6 Å². The first kappa shape index (κ1) is 25.2. The van der Waals surface area contributed by atoms with Crippen molar-refractivity contribution in [2.24, 2.45) is 0 Å². The van der Waals surface area contributed by atoms with E-state index >= 15 is 0 Å². The van der Waals surface area contributed by atoms with Gasteiger partial charge in [-0.05, 0) is 115 Å². The zero-order valence-electron chi connectivity index (χ0n) is 20.4. The van der Waals surface area contributed by atoms with Crippen LogP contribution in [0.25, 0.3) is 6.08 Å². The molecule has 5 nitrogen and oxygen atoms in total. The second-order valence-electron chi connectivity index (χ2n) is 9.25. The first-order valence-electron chi connectivity index (χ1n) is 10.8. The lowest BCUT2D eigenvalue weighted by Crippen LogP contribution is -2.43. The SMILES string of the molecule is CCOc1ccc(C(=O)C=Cc2cc(C)c(OC(C)(C)C(=O)OC(C)(C)C)c(C)c2)cc1. The third-order valence-electron chi connectivity index (χ3n) is 4.61. The van der Waals surface area contributed by atoms with E-state index in [1.165, 1.54) is 0 Å². The molecule has 0 spiro atoms. The summed E-state index contributed by atoms with van der Waals surface area (Å²) in [7, 11) is 0. The number of benzene rings is 2. The molecule has 0 N–H and O–H groups in total. The molecule has 0 bridgehead atoms. The third-order valence-corrected chi connectivity index (χ3v) is 4.61. The Hall–Kier alpha value is -3.08. The fourth-order valence-electron chi connectivity index (χ4n) is 3.09. The number of ketones is 1. The van der Waals surface area contributed by atoms with Gasteiger partial charge in [-0.3, -0.25) is 4.79 Å². The van der Waals surface area contributed by atoms with Gasteiger partial charge in [0, 0.05) is 5.56 Å². The van der Waals surface area contributed by atoms with Crippen LogP contribution >= 0.6 is 0 Å². The van der Waals surface area contributed by atoms with Crippen LogP contribution in [0, 0.1) is 13.8 Å². The van der Waals surface area contributed by atoms with Crippen molar-refractivity contribution < 1.29 is 23.8 Å². The Labute approximate surface area is 191 Å². The van der Waals surface area contributed by atoms with E-state index in [0.717, 1.165) is 22.4 Å². The molecule has 2 aromatic rings. The minimum Gasteiger partial charge on any atom is -0.494 e. The van der Waals surface area contributed by atoms with E-state index in [0.29, 0.717) is 17.9 Å². The van der Waals surface area contributed by atoms with Crippen molar-refractivity contribution in [3.63, 3.8) is 0 Å². The quantitative estimate of drug-likeness (QED) is 0.283. The van der Waals surface area contributed by atoms with Crippen LogP contribution in [0.2, 0.25) is 0 Å². The maximum absolute atomic E-state index is 12.5. The fraction of sp³-hybridized carbons (Fsp3) is 0.407. The molecule has 0 aliphatic carbocycles. The van der Waals surface area contributed by atoms with Crippen molar-refractivity contribution in [3.05, 3.63) is 64.7 Å². The van der Waals surface area contributed by atoms with Crippen molar-refractivity contribution in [3.8, 4) is 11.5 Å². The summed E-state index contributed by atoms with van der Waals surface area (Å²) in [5.41, 5.74) is 1.49. The second-order valence-corrected chi connectivity index (χ2v) is 9.25. The van der Waals surface area contributed by atoms with Crippen molar-refractivity contribution >= 4 is 17.8 Å². The highest BCUT2D eigenvalue weighted by atomic mass is 16.6. The molecule has 0 radical (unpaired) electrons. The van der Waals surface area contributed by atoms with Gasteiger partial charge in [-0.25, -0.2) is 4.79 Å². The number of ether oxygens (including phenoxy) is 3. The van der Waals surface area contributed by atoms with Gasteiger partial charge in [0.15, 0.2) is 11.4 Å². The molecular formula is C27H34O5. The molecule has 2 aromatic carbocycles. The molecular weight excluding hydrogens is 404 g/mol. The number of carbonyl (C=O) groups is 2. The van der Waals surface area contributed by atoms with Crippen LogP contribution in [0.3, 0.4) is 0 Å². The summed E-state index contributed by atoms with van der Waals surface area (Å²) in [5.74, 6) is 0.864. The molecule has 0 amide bonds. The van der Waals surface area contributed by atoms with Gasteiger partial charge >= 0.3 is 5.97 Å². The summed E-state index contributed by atoms with van der Waals surface area (Å²) in [5, 5.41) is 0. The van der Waals surface area contributed by atoms with Crippen molar-refractivity contribution in [2.45, 2.75) is 66.6 Å². The monoisotopic (exact) mass is 438 g/mol. The van der Waals surface area contributed by atoms with Gasteiger partial charge in [-0.1, -0.05) is 6.08 Å². The average Bonchev–Trinajstić information content (AvgIpc) is 2.68. The normalized spacial score (nSPS) is 12.0. The second kappa shape index (κ2) is 10.0. The van der Waals surface area contributed by atoms with Crippen LogP contribution in [0.4, 0.5) is 0 Å². The number of allylic oxidation sites excluding steroid dienone is 1. The Kier molecular flexibility index (Phi) is 7.89. The zero-order chi connectivity index (χ0) is 24.1. The topological polar surface area (TPSA) is 61.8 Å². The van der Waals surface area contributed by atoms with E-state index in [1.807, 2.05) is 53.7 Å². The molecule has 0 aromatic heterocycles. The van der Waals surface area contributed by atoms with Crippen LogP contribution in [0.1, 0.15) is 68.6 Å². The maximum atomic E-state index is 12.5. The molecule has 0 saturated carbocycles. The summed E-state index contributed by atoms with van der Waals surface area (Å²) < 4.78 is 17.0. The molecule has 32 heavy (non-hydrogen) atoms. The lowest BCUT2D eigenvalue weighted by atomic mass is 10.0. The van der Waals surface area contributed by atoms with Crippen molar-refractivity contribution in [1.82, 2.24) is 0 Å². The first-order valence-corrected chi connectivity index (χ1v) is 10.8. The summed E-state index contributed by atoms with van der Waals surface area (Å²) >= 11 is 0. The molecule has 0 unspecified atom stereocenters. The fourth-order valence-corrected chi connectivity index (χ4v) is 3.09. The van der Waals surface area contributed by atoms with Gasteiger partial charge in [0.25, 0.3) is 0 Å². The van der Waals surface area contributed by atoms with Gasteiger partial charge in [-0.15, -0.1) is 0 Å². The van der Waals surface area contributed by atoms with Crippen LogP contribution in [0.5, 0.6) is 11.5 Å². The van der Waals surface area contributed by atoms with Gasteiger partial charge < -0.3 is 14.2 Å². The van der Waals surface area contributed by atoms with Gasteiger partial charge in [0.1, 0.15) is 17.1 Å². The summed E-state index contributed by atoms with van der Waals surface area (Å²) in [4.78, 5) is 25.0. The number of rotatable bonds is 8. The highest BCUT2D eigenvalue weighted by molar-refractivity contribution is 6.06. The van der Waals surface area contributed by atoms with E-state index in [2.05, 4.69) is 0 Å². The van der Waals surface area contributed by atoms with Crippen LogP contribution in [-0.2, 0) is 9.53 Å². The van der Waals surface area contributed by atoms with Crippen molar-refractivity contribution in [1.29, 1.82) is 0 Å². The average molecular weight is 439 g/mol. The predicted molar refractivity (Wildman–Crippen MR) is 127 cm³/mol. The lowest BCUT2D eigenvalue weighted by molar-refractivity contribution is -0.171. The predicted octanol–water partition coefficient (Wildman–Crippen LogP) is 6.10. The van der Waals surface area contributed by atoms with Gasteiger partial charge in [0.05, 0.1) is 6.61 Å². The molecule has 0 aliphatic rings. The number of carbonyl (C=O) groups excluding carboxylic acids is 2. The smallest absolute Gasteiger partial charge is 0.350 e. The summed E-state index contributed by atoms with van der Waals surface area (Å²) in [6, 6.07) is 10.9. The number of hydrogen-bond donors (Lipinski definition) is 0. The third kappa shape index (κ3) is 6.98. The summed E-state index contributed by atoms with van der Waals surface area (Å²) in [6.45, 7) is 15.2. The Morgan fingerprint density at radius 2 is 1.50 bits per heavy atom. The largest absolute Gasteiger partial charge is 0.494 e. The van der Waals surface area contributed by atoms with Crippen molar-refractivity contribution in [2.75, 3.05) is 6.61 Å². The minimum atomic E-state index is -1.14. The minimum absolute atomic E-state index is 0.0882. The van der Waals surface area contributed by atoms with E-state index < -0.39 is 17.2 Å². The highest BCUT2D eigenvalue weighted by Crippen LogP contribution is 2.30. The van der Waals surface area contributed by atoms with Gasteiger partial charge in [-0.2, -0.15) is 0 Å². The Balaban J connectivity index is 2.16. The van der Waals surface area contributed by atoms with Gasteiger partial charge in [0.2, 0.25) is 0 Å². The molecule has 172 valence electrons. The molecule has 0 heterocycles. The van der Waals surface area contributed by atoms with Crippen LogP contribution < -0.4 is 9.47 Å². The summed E-state index contributed by atoms with van der Waals surface area (Å²) in [6.07, 6.45) is 3.33. The molecule has 5 heteroatoms.